The van der Waals surface area contributed by atoms with E-state index in [0.29, 0.717) is 24.8 Å². The first-order valence-corrected chi connectivity index (χ1v) is 6.26. The topological polar surface area (TPSA) is 50.7 Å². The third-order valence-electron chi connectivity index (χ3n) is 2.39. The van der Waals surface area contributed by atoms with Crippen molar-refractivity contribution in [1.82, 2.24) is 0 Å². The molecule has 1 aromatic rings. The van der Waals surface area contributed by atoms with Gasteiger partial charge >= 0.3 is 0 Å². The second-order valence-corrected chi connectivity index (χ2v) is 4.49. The summed E-state index contributed by atoms with van der Waals surface area (Å²) in [7, 11) is 1.61. The second kappa shape index (κ2) is 8.32. The van der Waals surface area contributed by atoms with E-state index in [0.717, 1.165) is 11.3 Å². The van der Waals surface area contributed by atoms with Gasteiger partial charge in [-0.1, -0.05) is 17.7 Å². The van der Waals surface area contributed by atoms with E-state index in [9.17, 15) is 5.11 Å². The van der Waals surface area contributed by atoms with Gasteiger partial charge < -0.3 is 19.9 Å². The Morgan fingerprint density at radius 1 is 1.39 bits per heavy atom. The molecule has 1 unspecified atom stereocenters. The number of benzene rings is 1. The van der Waals surface area contributed by atoms with Crippen molar-refractivity contribution in [1.29, 1.82) is 0 Å². The monoisotopic (exact) mass is 273 g/mol. The van der Waals surface area contributed by atoms with E-state index in [-0.39, 0.29) is 6.61 Å². The van der Waals surface area contributed by atoms with Crippen LogP contribution in [0, 0.1) is 6.92 Å². The van der Waals surface area contributed by atoms with Crippen LogP contribution < -0.4 is 5.32 Å². The average Bonchev–Trinajstić information content (AvgIpc) is 2.33. The zero-order valence-corrected chi connectivity index (χ0v) is 11.5. The molecule has 4 nitrogen and oxygen atoms in total. The fourth-order valence-corrected chi connectivity index (χ4v) is 1.71. The molecular formula is C13H20ClNO3. The minimum absolute atomic E-state index is 0.278. The minimum atomic E-state index is -0.570. The van der Waals surface area contributed by atoms with E-state index in [1.165, 1.54) is 0 Å². The Balaban J connectivity index is 2.27. The molecular weight excluding hydrogens is 254 g/mol. The van der Waals surface area contributed by atoms with Gasteiger partial charge in [0.15, 0.2) is 0 Å². The van der Waals surface area contributed by atoms with Crippen molar-refractivity contribution >= 4 is 17.3 Å². The SMILES string of the molecule is COCCOCC(O)CNc1ccc(C)cc1Cl. The van der Waals surface area contributed by atoms with Crippen molar-refractivity contribution in [3.05, 3.63) is 28.8 Å². The van der Waals surface area contributed by atoms with Crippen LogP contribution in [0.4, 0.5) is 5.69 Å². The number of aliphatic hydroxyl groups is 1. The molecule has 0 saturated heterocycles. The van der Waals surface area contributed by atoms with Gasteiger partial charge in [-0.3, -0.25) is 0 Å². The van der Waals surface area contributed by atoms with Crippen molar-refractivity contribution in [2.45, 2.75) is 13.0 Å². The fraction of sp³-hybridized carbons (Fsp3) is 0.538. The van der Waals surface area contributed by atoms with Crippen molar-refractivity contribution in [3.8, 4) is 0 Å². The molecule has 0 amide bonds. The Morgan fingerprint density at radius 3 is 2.83 bits per heavy atom. The molecule has 0 aliphatic carbocycles. The van der Waals surface area contributed by atoms with E-state index in [1.54, 1.807) is 7.11 Å². The van der Waals surface area contributed by atoms with Gasteiger partial charge in [0.05, 0.1) is 36.6 Å². The summed E-state index contributed by atoms with van der Waals surface area (Å²) in [5, 5.41) is 13.4. The Hall–Kier alpha value is -0.810. The van der Waals surface area contributed by atoms with Crippen LogP contribution in [-0.2, 0) is 9.47 Å². The molecule has 0 aromatic heterocycles. The zero-order chi connectivity index (χ0) is 13.4. The summed E-state index contributed by atoms with van der Waals surface area (Å²) in [5.74, 6) is 0. The number of rotatable bonds is 8. The first-order valence-electron chi connectivity index (χ1n) is 5.88. The summed E-state index contributed by atoms with van der Waals surface area (Å²) in [6, 6.07) is 5.75. The van der Waals surface area contributed by atoms with Gasteiger partial charge in [-0.05, 0) is 24.6 Å². The van der Waals surface area contributed by atoms with E-state index in [4.69, 9.17) is 21.1 Å². The molecule has 1 aromatic carbocycles. The number of aliphatic hydroxyl groups excluding tert-OH is 1. The summed E-state index contributed by atoms with van der Waals surface area (Å²) in [6.07, 6.45) is -0.570. The maximum absolute atomic E-state index is 9.68. The van der Waals surface area contributed by atoms with Crippen LogP contribution in [0.25, 0.3) is 0 Å². The maximum Gasteiger partial charge on any atom is 0.0945 e. The molecule has 102 valence electrons. The van der Waals surface area contributed by atoms with Gasteiger partial charge in [0.25, 0.3) is 0 Å². The molecule has 18 heavy (non-hydrogen) atoms. The minimum Gasteiger partial charge on any atom is -0.389 e. The van der Waals surface area contributed by atoms with E-state index in [2.05, 4.69) is 5.32 Å². The van der Waals surface area contributed by atoms with Crippen LogP contribution in [0.15, 0.2) is 18.2 Å². The number of aryl methyl sites for hydroxylation is 1. The zero-order valence-electron chi connectivity index (χ0n) is 10.8. The average molecular weight is 274 g/mol. The number of ether oxygens (including phenoxy) is 2. The molecule has 0 fully saturated rings. The van der Waals surface area contributed by atoms with Gasteiger partial charge in [0.1, 0.15) is 0 Å². The van der Waals surface area contributed by atoms with Crippen molar-refractivity contribution in [3.63, 3.8) is 0 Å². The lowest BCUT2D eigenvalue weighted by Crippen LogP contribution is -2.25. The van der Waals surface area contributed by atoms with Gasteiger partial charge in [-0.2, -0.15) is 0 Å². The number of anilines is 1. The first-order chi connectivity index (χ1) is 8.63. The second-order valence-electron chi connectivity index (χ2n) is 4.09. The highest BCUT2D eigenvalue weighted by Crippen LogP contribution is 2.22. The Kier molecular flexibility index (Phi) is 7.05. The van der Waals surface area contributed by atoms with Crippen LogP contribution in [0.2, 0.25) is 5.02 Å². The van der Waals surface area contributed by atoms with Gasteiger partial charge in [0.2, 0.25) is 0 Å². The Morgan fingerprint density at radius 2 is 2.17 bits per heavy atom. The number of nitrogens with one attached hydrogen (secondary N) is 1. The molecule has 5 heteroatoms. The van der Waals surface area contributed by atoms with Crippen molar-refractivity contribution < 1.29 is 14.6 Å². The number of hydrogen-bond donors (Lipinski definition) is 2. The summed E-state index contributed by atoms with van der Waals surface area (Å²) >= 11 is 6.07. The fourth-order valence-electron chi connectivity index (χ4n) is 1.41. The van der Waals surface area contributed by atoms with Crippen molar-refractivity contribution in [2.24, 2.45) is 0 Å². The highest BCUT2D eigenvalue weighted by atomic mass is 35.5. The Labute approximate surface area is 113 Å². The van der Waals surface area contributed by atoms with E-state index in [1.807, 2.05) is 25.1 Å². The molecule has 2 N–H and O–H groups in total. The standard InChI is InChI=1S/C13H20ClNO3/c1-10-3-4-13(12(14)7-10)15-8-11(16)9-18-6-5-17-2/h3-4,7,11,15-16H,5-6,8-9H2,1-2H3. The molecule has 0 heterocycles. The molecule has 0 saturated carbocycles. The van der Waals surface area contributed by atoms with Gasteiger partial charge in [-0.15, -0.1) is 0 Å². The molecule has 0 bridgehead atoms. The third kappa shape index (κ3) is 5.69. The molecule has 1 atom stereocenters. The molecule has 1 rings (SSSR count). The third-order valence-corrected chi connectivity index (χ3v) is 2.71. The predicted molar refractivity (Wildman–Crippen MR) is 73.4 cm³/mol. The van der Waals surface area contributed by atoms with Gasteiger partial charge in [0, 0.05) is 13.7 Å². The van der Waals surface area contributed by atoms with Crippen LogP contribution in [-0.4, -0.2) is 44.7 Å². The molecule has 0 aliphatic rings. The summed E-state index contributed by atoms with van der Waals surface area (Å²) in [5.41, 5.74) is 1.92. The summed E-state index contributed by atoms with van der Waals surface area (Å²) in [4.78, 5) is 0. The van der Waals surface area contributed by atoms with Gasteiger partial charge in [-0.25, -0.2) is 0 Å². The predicted octanol–water partition coefficient (Wildman–Crippen LogP) is 2.08. The van der Waals surface area contributed by atoms with Crippen LogP contribution in [0.5, 0.6) is 0 Å². The number of methoxy groups -OCH3 is 1. The lowest BCUT2D eigenvalue weighted by Gasteiger charge is -2.14. The van der Waals surface area contributed by atoms with Crippen LogP contribution in [0.3, 0.4) is 0 Å². The van der Waals surface area contributed by atoms with Crippen LogP contribution in [0.1, 0.15) is 5.56 Å². The molecule has 0 aliphatic heterocycles. The largest absolute Gasteiger partial charge is 0.389 e. The van der Waals surface area contributed by atoms with Crippen molar-refractivity contribution in [2.75, 3.05) is 38.8 Å². The lowest BCUT2D eigenvalue weighted by atomic mass is 10.2. The quantitative estimate of drug-likeness (QED) is 0.712. The molecule has 0 radical (unpaired) electrons. The van der Waals surface area contributed by atoms with E-state index < -0.39 is 6.10 Å². The summed E-state index contributed by atoms with van der Waals surface area (Å²) in [6.45, 7) is 3.67. The highest BCUT2D eigenvalue weighted by Gasteiger charge is 2.06. The van der Waals surface area contributed by atoms with Crippen LogP contribution >= 0.6 is 11.6 Å². The lowest BCUT2D eigenvalue weighted by molar-refractivity contribution is 0.0182. The highest BCUT2D eigenvalue weighted by molar-refractivity contribution is 6.33. The normalized spacial score (nSPS) is 12.4. The number of halogens is 1. The first kappa shape index (κ1) is 15.2. The number of hydrogen-bond acceptors (Lipinski definition) is 4. The van der Waals surface area contributed by atoms with E-state index >= 15 is 0 Å². The Bertz CT molecular complexity index is 360. The smallest absolute Gasteiger partial charge is 0.0945 e. The molecule has 0 spiro atoms. The maximum atomic E-state index is 9.68. The summed E-state index contributed by atoms with van der Waals surface area (Å²) < 4.78 is 10.1.